The van der Waals surface area contributed by atoms with E-state index in [1.54, 1.807) is 7.11 Å². The second-order valence-electron chi connectivity index (χ2n) is 11.2. The minimum absolute atomic E-state index is 0.134. The van der Waals surface area contributed by atoms with E-state index in [9.17, 15) is 9.90 Å². The van der Waals surface area contributed by atoms with Crippen molar-refractivity contribution in [1.82, 2.24) is 0 Å². The molecule has 3 fully saturated rings. The van der Waals surface area contributed by atoms with Gasteiger partial charge in [0.1, 0.15) is 11.5 Å². The Labute approximate surface area is 220 Å². The molecule has 3 saturated carbocycles. The van der Waals surface area contributed by atoms with Crippen LogP contribution in [0.25, 0.3) is 0 Å². The Balaban J connectivity index is 1.41. The molecule has 1 aromatic heterocycles. The van der Waals surface area contributed by atoms with E-state index in [1.165, 1.54) is 25.7 Å². The minimum Gasteiger partial charge on any atom is -0.507 e. The first-order chi connectivity index (χ1) is 18.2. The van der Waals surface area contributed by atoms with E-state index in [4.69, 9.17) is 18.6 Å². The topological polar surface area (TPSA) is 78.1 Å². The lowest BCUT2D eigenvalue weighted by Gasteiger charge is -2.24. The van der Waals surface area contributed by atoms with Crippen molar-refractivity contribution in [3.63, 3.8) is 0 Å². The van der Waals surface area contributed by atoms with Crippen molar-refractivity contribution >= 4 is 0 Å². The maximum absolute atomic E-state index is 13.6. The van der Waals surface area contributed by atoms with Crippen LogP contribution in [0.2, 0.25) is 0 Å². The van der Waals surface area contributed by atoms with Crippen LogP contribution in [0.15, 0.2) is 39.5 Å². The fourth-order valence-electron chi connectivity index (χ4n) is 5.66. The van der Waals surface area contributed by atoms with Crippen molar-refractivity contribution < 1.29 is 23.7 Å². The van der Waals surface area contributed by atoms with Crippen LogP contribution in [-0.2, 0) is 20.6 Å². The van der Waals surface area contributed by atoms with E-state index in [1.807, 2.05) is 18.2 Å². The molecule has 0 saturated heterocycles. The van der Waals surface area contributed by atoms with Crippen LogP contribution in [0, 0.1) is 17.8 Å². The van der Waals surface area contributed by atoms with Crippen molar-refractivity contribution in [2.24, 2.45) is 17.8 Å². The van der Waals surface area contributed by atoms with E-state index in [-0.39, 0.29) is 23.2 Å². The molecule has 0 amide bonds. The zero-order valence-corrected chi connectivity index (χ0v) is 22.2. The normalized spacial score (nSPS) is 18.4. The highest BCUT2D eigenvalue weighted by Crippen LogP contribution is 2.50. The molecule has 2 aromatic rings. The van der Waals surface area contributed by atoms with Gasteiger partial charge in [0, 0.05) is 30.9 Å². The molecule has 5 rings (SSSR count). The average Bonchev–Trinajstić information content (AvgIpc) is 3.74. The summed E-state index contributed by atoms with van der Waals surface area (Å²) in [6.07, 6.45) is 9.77. The Morgan fingerprint density at radius 3 is 2.11 bits per heavy atom. The summed E-state index contributed by atoms with van der Waals surface area (Å²) < 4.78 is 22.6. The van der Waals surface area contributed by atoms with E-state index in [2.05, 4.69) is 12.1 Å². The summed E-state index contributed by atoms with van der Waals surface area (Å²) in [6.45, 7) is 2.53. The summed E-state index contributed by atoms with van der Waals surface area (Å²) in [5, 5.41) is 11.8. The van der Waals surface area contributed by atoms with Crippen molar-refractivity contribution in [3.05, 3.63) is 63.2 Å². The summed E-state index contributed by atoms with van der Waals surface area (Å²) in [4.78, 5) is 13.6. The van der Waals surface area contributed by atoms with Crippen molar-refractivity contribution in [3.8, 4) is 5.75 Å². The van der Waals surface area contributed by atoms with Gasteiger partial charge in [-0.3, -0.25) is 0 Å². The van der Waals surface area contributed by atoms with Gasteiger partial charge in [-0.2, -0.15) is 0 Å². The van der Waals surface area contributed by atoms with Gasteiger partial charge in [0.05, 0.1) is 38.6 Å². The van der Waals surface area contributed by atoms with Gasteiger partial charge in [0.2, 0.25) is 0 Å². The SMILES string of the molecule is COCCOCCOCCc1c(C(CC2CC2)CC2CC2)oc(=O)c(C(c2ccccc2)C2CC2)c1O. The summed E-state index contributed by atoms with van der Waals surface area (Å²) >= 11 is 0. The maximum atomic E-state index is 13.6. The summed E-state index contributed by atoms with van der Waals surface area (Å²) in [6, 6.07) is 10.1. The molecule has 6 nitrogen and oxygen atoms in total. The molecular formula is C31H42O6. The average molecular weight is 511 g/mol. The second-order valence-corrected chi connectivity index (χ2v) is 11.2. The summed E-state index contributed by atoms with van der Waals surface area (Å²) in [7, 11) is 1.65. The smallest absolute Gasteiger partial charge is 0.343 e. The Kier molecular flexibility index (Phi) is 9.01. The molecule has 1 aromatic carbocycles. The Bertz CT molecular complexity index is 1040. The fraction of sp³-hybridized carbons (Fsp3) is 0.645. The van der Waals surface area contributed by atoms with E-state index < -0.39 is 0 Å². The molecular weight excluding hydrogens is 468 g/mol. The van der Waals surface area contributed by atoms with Crippen LogP contribution in [0.1, 0.15) is 85.7 Å². The Morgan fingerprint density at radius 2 is 1.51 bits per heavy atom. The number of benzene rings is 1. The van der Waals surface area contributed by atoms with E-state index in [0.717, 1.165) is 36.8 Å². The minimum atomic E-state index is -0.360. The maximum Gasteiger partial charge on any atom is 0.343 e. The Morgan fingerprint density at radius 1 is 0.892 bits per heavy atom. The molecule has 1 N–H and O–H groups in total. The van der Waals surface area contributed by atoms with Crippen molar-refractivity contribution in [1.29, 1.82) is 0 Å². The number of methoxy groups -OCH3 is 1. The first kappa shape index (κ1) is 26.5. The number of hydrogen-bond acceptors (Lipinski definition) is 6. The van der Waals surface area contributed by atoms with Gasteiger partial charge in [-0.15, -0.1) is 0 Å². The lowest BCUT2D eigenvalue weighted by atomic mass is 9.84. The van der Waals surface area contributed by atoms with Crippen LogP contribution >= 0.6 is 0 Å². The van der Waals surface area contributed by atoms with Crippen LogP contribution in [0.5, 0.6) is 5.75 Å². The molecule has 6 heteroatoms. The third kappa shape index (κ3) is 7.24. The Hall–Kier alpha value is -2.15. The van der Waals surface area contributed by atoms with Gasteiger partial charge in [-0.25, -0.2) is 4.79 Å². The molecule has 202 valence electrons. The van der Waals surface area contributed by atoms with Crippen LogP contribution < -0.4 is 5.63 Å². The van der Waals surface area contributed by atoms with Crippen LogP contribution in [0.4, 0.5) is 0 Å². The number of ether oxygens (including phenoxy) is 3. The molecule has 1 atom stereocenters. The third-order valence-corrected chi connectivity index (χ3v) is 8.12. The molecule has 3 aliphatic carbocycles. The van der Waals surface area contributed by atoms with Crippen LogP contribution in [0.3, 0.4) is 0 Å². The summed E-state index contributed by atoms with van der Waals surface area (Å²) in [5.41, 5.74) is 1.93. The predicted octanol–water partition coefficient (Wildman–Crippen LogP) is 5.79. The quantitative estimate of drug-likeness (QED) is 0.271. The molecule has 0 spiro atoms. The predicted molar refractivity (Wildman–Crippen MR) is 142 cm³/mol. The largest absolute Gasteiger partial charge is 0.507 e. The number of aromatic hydroxyl groups is 1. The van der Waals surface area contributed by atoms with Crippen molar-refractivity contribution in [2.75, 3.05) is 40.1 Å². The third-order valence-electron chi connectivity index (χ3n) is 8.12. The van der Waals surface area contributed by atoms with Gasteiger partial charge >= 0.3 is 5.63 Å². The lowest BCUT2D eigenvalue weighted by Crippen LogP contribution is -2.21. The van der Waals surface area contributed by atoms with Gasteiger partial charge in [0.25, 0.3) is 0 Å². The van der Waals surface area contributed by atoms with Crippen molar-refractivity contribution in [2.45, 2.75) is 69.6 Å². The standard InChI is InChI=1S/C31H42O6/c1-34-15-16-36-18-17-35-14-13-26-29(32)28(27(24-11-12-24)23-5-3-2-4-6-23)31(33)37-30(26)25(19-21-7-8-21)20-22-9-10-22/h2-6,21-22,24-25,27,32H,7-20H2,1H3. The molecule has 0 radical (unpaired) electrons. The highest BCUT2D eigenvalue weighted by molar-refractivity contribution is 5.47. The lowest BCUT2D eigenvalue weighted by molar-refractivity contribution is 0.0253. The molecule has 1 unspecified atom stereocenters. The highest BCUT2D eigenvalue weighted by Gasteiger charge is 2.40. The number of rotatable bonds is 17. The van der Waals surface area contributed by atoms with Gasteiger partial charge in [-0.1, -0.05) is 56.0 Å². The molecule has 0 aliphatic heterocycles. The zero-order chi connectivity index (χ0) is 25.6. The monoisotopic (exact) mass is 510 g/mol. The van der Waals surface area contributed by atoms with Crippen LogP contribution in [-0.4, -0.2) is 45.3 Å². The number of hydrogen-bond donors (Lipinski definition) is 1. The van der Waals surface area contributed by atoms with Gasteiger partial charge < -0.3 is 23.7 Å². The first-order valence-electron chi connectivity index (χ1n) is 14.2. The molecule has 3 aliphatic rings. The molecule has 1 heterocycles. The first-order valence-corrected chi connectivity index (χ1v) is 14.2. The fourth-order valence-corrected chi connectivity index (χ4v) is 5.66. The van der Waals surface area contributed by atoms with E-state index in [0.29, 0.717) is 68.5 Å². The van der Waals surface area contributed by atoms with E-state index >= 15 is 0 Å². The molecule has 37 heavy (non-hydrogen) atoms. The van der Waals surface area contributed by atoms with Gasteiger partial charge in [-0.05, 0) is 49.0 Å². The second kappa shape index (κ2) is 12.6. The zero-order valence-electron chi connectivity index (χ0n) is 22.2. The molecule has 0 bridgehead atoms. The highest BCUT2D eigenvalue weighted by atomic mass is 16.5. The summed E-state index contributed by atoms with van der Waals surface area (Å²) in [5.74, 6) is 2.71. The van der Waals surface area contributed by atoms with Gasteiger partial charge in [0.15, 0.2) is 0 Å².